The van der Waals surface area contributed by atoms with Crippen LogP contribution in [0, 0.1) is 12.7 Å². The van der Waals surface area contributed by atoms with Crippen LogP contribution in [0.15, 0.2) is 28.7 Å². The van der Waals surface area contributed by atoms with E-state index in [-0.39, 0.29) is 16.5 Å². The summed E-state index contributed by atoms with van der Waals surface area (Å²) in [4.78, 5) is 15.0. The third kappa shape index (κ3) is 3.08. The van der Waals surface area contributed by atoms with Crippen LogP contribution in [-0.4, -0.2) is 16.1 Å². The quantitative estimate of drug-likeness (QED) is 0.798. The Balaban J connectivity index is 2.47. The van der Waals surface area contributed by atoms with Crippen molar-refractivity contribution in [2.24, 2.45) is 0 Å². The standard InChI is InChI=1S/C13H9BrClFN2O2/c1-6-4-8(14)9(16)5-10(6)17-12-7(13(19)20)2-3-11(15)18-12/h2-5H,1H3,(H,17,18)(H,19,20). The highest BCUT2D eigenvalue weighted by Crippen LogP contribution is 2.28. The van der Waals surface area contributed by atoms with Crippen LogP contribution in [0.5, 0.6) is 0 Å². The Labute approximate surface area is 127 Å². The first-order valence-electron chi connectivity index (χ1n) is 5.51. The van der Waals surface area contributed by atoms with Crippen molar-refractivity contribution in [3.8, 4) is 0 Å². The lowest BCUT2D eigenvalue weighted by Crippen LogP contribution is -2.06. The molecule has 2 rings (SSSR count). The molecule has 0 saturated carbocycles. The van der Waals surface area contributed by atoms with Crippen molar-refractivity contribution in [1.82, 2.24) is 4.98 Å². The number of carboxylic acid groups (broad SMARTS) is 1. The van der Waals surface area contributed by atoms with Crippen LogP contribution in [0.4, 0.5) is 15.9 Å². The van der Waals surface area contributed by atoms with Crippen molar-refractivity contribution in [1.29, 1.82) is 0 Å². The molecule has 0 aliphatic heterocycles. The molecule has 2 N–H and O–H groups in total. The van der Waals surface area contributed by atoms with Crippen LogP contribution in [0.3, 0.4) is 0 Å². The molecule has 7 heteroatoms. The van der Waals surface area contributed by atoms with Crippen molar-refractivity contribution in [3.05, 3.63) is 50.8 Å². The molecule has 0 unspecified atom stereocenters. The summed E-state index contributed by atoms with van der Waals surface area (Å²) in [5.74, 6) is -1.54. The first-order valence-corrected chi connectivity index (χ1v) is 6.68. The van der Waals surface area contributed by atoms with Gasteiger partial charge in [0.25, 0.3) is 0 Å². The number of nitrogens with one attached hydrogen (secondary N) is 1. The lowest BCUT2D eigenvalue weighted by atomic mass is 10.2. The van der Waals surface area contributed by atoms with Gasteiger partial charge in [-0.1, -0.05) is 11.6 Å². The van der Waals surface area contributed by atoms with Gasteiger partial charge in [-0.15, -0.1) is 0 Å². The predicted octanol–water partition coefficient (Wildman–Crippen LogP) is 4.39. The molecule has 1 aromatic carbocycles. The first-order chi connectivity index (χ1) is 9.38. The van der Waals surface area contributed by atoms with E-state index in [1.807, 2.05) is 0 Å². The number of halogens is 3. The Morgan fingerprint density at radius 2 is 2.15 bits per heavy atom. The fourth-order valence-corrected chi connectivity index (χ4v) is 2.22. The molecule has 2 aromatic rings. The molecule has 4 nitrogen and oxygen atoms in total. The summed E-state index contributed by atoms with van der Waals surface area (Å²) in [6.45, 7) is 1.76. The number of rotatable bonds is 3. The van der Waals surface area contributed by atoms with Gasteiger partial charge >= 0.3 is 5.97 Å². The summed E-state index contributed by atoms with van der Waals surface area (Å²) in [7, 11) is 0. The second-order valence-electron chi connectivity index (χ2n) is 4.04. The average molecular weight is 360 g/mol. The zero-order valence-electron chi connectivity index (χ0n) is 10.2. The van der Waals surface area contributed by atoms with Gasteiger partial charge in [-0.2, -0.15) is 0 Å². The summed E-state index contributed by atoms with van der Waals surface area (Å²) >= 11 is 8.84. The number of carbonyl (C=O) groups is 1. The summed E-state index contributed by atoms with van der Waals surface area (Å²) in [5.41, 5.74) is 1.11. The van der Waals surface area contributed by atoms with Crippen LogP contribution in [0.1, 0.15) is 15.9 Å². The van der Waals surface area contributed by atoms with Crippen molar-refractivity contribution < 1.29 is 14.3 Å². The minimum Gasteiger partial charge on any atom is -0.478 e. The largest absolute Gasteiger partial charge is 0.478 e. The third-order valence-corrected chi connectivity index (χ3v) is 3.43. The number of benzene rings is 1. The highest BCUT2D eigenvalue weighted by atomic mass is 79.9. The lowest BCUT2D eigenvalue weighted by Gasteiger charge is -2.12. The number of aromatic nitrogens is 1. The Morgan fingerprint density at radius 1 is 1.45 bits per heavy atom. The Kier molecular flexibility index (Phi) is 4.25. The molecule has 0 bridgehead atoms. The maximum absolute atomic E-state index is 13.6. The molecule has 0 radical (unpaired) electrons. The second kappa shape index (κ2) is 5.76. The molecule has 20 heavy (non-hydrogen) atoms. The summed E-state index contributed by atoms with van der Waals surface area (Å²) in [6, 6.07) is 5.56. The SMILES string of the molecule is Cc1cc(Br)c(F)cc1Nc1nc(Cl)ccc1C(=O)O. The number of aryl methyl sites for hydroxylation is 1. The third-order valence-electron chi connectivity index (χ3n) is 2.61. The van der Waals surface area contributed by atoms with Crippen LogP contribution in [-0.2, 0) is 0 Å². The normalized spacial score (nSPS) is 10.4. The van der Waals surface area contributed by atoms with E-state index in [0.29, 0.717) is 10.2 Å². The minimum absolute atomic E-state index is 0.0443. The molecular weight excluding hydrogens is 351 g/mol. The van der Waals surface area contributed by atoms with Crippen LogP contribution < -0.4 is 5.32 Å². The van der Waals surface area contributed by atoms with Crippen LogP contribution in [0.2, 0.25) is 5.15 Å². The van der Waals surface area contributed by atoms with Crippen molar-refractivity contribution in [2.75, 3.05) is 5.32 Å². The van der Waals surface area contributed by atoms with Gasteiger partial charge in [0, 0.05) is 5.69 Å². The summed E-state index contributed by atoms with van der Waals surface area (Å²) in [5, 5.41) is 12.0. The Hall–Kier alpha value is -1.66. The zero-order chi connectivity index (χ0) is 14.9. The Bertz CT molecular complexity index is 694. The number of aromatic carboxylic acids is 1. The van der Waals surface area contributed by atoms with E-state index in [9.17, 15) is 9.18 Å². The van der Waals surface area contributed by atoms with Gasteiger partial charge in [-0.3, -0.25) is 0 Å². The van der Waals surface area contributed by atoms with Crippen molar-refractivity contribution in [3.63, 3.8) is 0 Å². The van der Waals surface area contributed by atoms with E-state index in [0.717, 1.165) is 5.56 Å². The van der Waals surface area contributed by atoms with Gasteiger partial charge in [0.05, 0.1) is 4.47 Å². The highest BCUT2D eigenvalue weighted by Gasteiger charge is 2.14. The van der Waals surface area contributed by atoms with E-state index in [1.165, 1.54) is 18.2 Å². The molecule has 1 heterocycles. The van der Waals surface area contributed by atoms with E-state index < -0.39 is 11.8 Å². The second-order valence-corrected chi connectivity index (χ2v) is 5.28. The van der Waals surface area contributed by atoms with E-state index in [4.69, 9.17) is 16.7 Å². The maximum Gasteiger partial charge on any atom is 0.339 e. The lowest BCUT2D eigenvalue weighted by molar-refractivity contribution is 0.0697. The fourth-order valence-electron chi connectivity index (χ4n) is 1.61. The average Bonchev–Trinajstić information content (AvgIpc) is 2.35. The van der Waals surface area contributed by atoms with Gasteiger partial charge in [0.15, 0.2) is 0 Å². The number of hydrogen-bond acceptors (Lipinski definition) is 3. The summed E-state index contributed by atoms with van der Waals surface area (Å²) < 4.78 is 13.9. The molecule has 0 spiro atoms. The van der Waals surface area contributed by atoms with E-state index >= 15 is 0 Å². The highest BCUT2D eigenvalue weighted by molar-refractivity contribution is 9.10. The van der Waals surface area contributed by atoms with E-state index in [1.54, 1.807) is 13.0 Å². The molecule has 0 fully saturated rings. The smallest absolute Gasteiger partial charge is 0.339 e. The molecule has 104 valence electrons. The van der Waals surface area contributed by atoms with Crippen molar-refractivity contribution in [2.45, 2.75) is 6.92 Å². The monoisotopic (exact) mass is 358 g/mol. The van der Waals surface area contributed by atoms with Gasteiger partial charge < -0.3 is 10.4 Å². The number of hydrogen-bond donors (Lipinski definition) is 2. The van der Waals surface area contributed by atoms with Crippen molar-refractivity contribution >= 4 is 45.0 Å². The minimum atomic E-state index is -1.15. The number of pyridine rings is 1. The topological polar surface area (TPSA) is 62.2 Å². The molecule has 0 aliphatic rings. The van der Waals surface area contributed by atoms with Gasteiger partial charge in [0.1, 0.15) is 22.4 Å². The van der Waals surface area contributed by atoms with Gasteiger partial charge in [0.2, 0.25) is 0 Å². The van der Waals surface area contributed by atoms with Gasteiger partial charge in [-0.25, -0.2) is 14.2 Å². The maximum atomic E-state index is 13.6. The molecule has 1 aromatic heterocycles. The molecule has 0 saturated heterocycles. The van der Waals surface area contributed by atoms with Crippen LogP contribution in [0.25, 0.3) is 0 Å². The summed E-state index contributed by atoms with van der Waals surface area (Å²) in [6.07, 6.45) is 0. The van der Waals surface area contributed by atoms with Crippen LogP contribution >= 0.6 is 27.5 Å². The molecule has 0 amide bonds. The fraction of sp³-hybridized carbons (Fsp3) is 0.0769. The first kappa shape index (κ1) is 14.7. The number of nitrogens with zero attached hydrogens (tertiary/aromatic N) is 1. The predicted molar refractivity (Wildman–Crippen MR) is 78.3 cm³/mol. The molecular formula is C13H9BrClFN2O2. The Morgan fingerprint density at radius 3 is 2.80 bits per heavy atom. The van der Waals surface area contributed by atoms with E-state index in [2.05, 4.69) is 26.2 Å². The molecule has 0 atom stereocenters. The number of anilines is 2. The van der Waals surface area contributed by atoms with Gasteiger partial charge in [-0.05, 0) is 52.7 Å². The number of carboxylic acids is 1. The molecule has 0 aliphatic carbocycles. The zero-order valence-corrected chi connectivity index (χ0v) is 12.6.